The third-order valence-electron chi connectivity index (χ3n) is 3.27. The van der Waals surface area contributed by atoms with Gasteiger partial charge < -0.3 is 10.4 Å². The Hall–Kier alpha value is -1.07. The SMILES string of the molecule is CC(NCC(O)C(F)(F)F)c1ccc(C(C)(C)C)cc1. The largest absolute Gasteiger partial charge is 0.415 e. The van der Waals surface area contributed by atoms with E-state index in [4.69, 9.17) is 5.11 Å². The zero-order valence-electron chi connectivity index (χ0n) is 12.3. The van der Waals surface area contributed by atoms with Gasteiger partial charge in [0.2, 0.25) is 0 Å². The minimum atomic E-state index is -4.58. The molecule has 0 heterocycles. The second-order valence-corrected chi connectivity index (χ2v) is 6.06. The highest BCUT2D eigenvalue weighted by Crippen LogP contribution is 2.24. The molecule has 0 aliphatic rings. The van der Waals surface area contributed by atoms with E-state index in [1.165, 1.54) is 5.56 Å². The predicted molar refractivity (Wildman–Crippen MR) is 73.6 cm³/mol. The molecule has 0 aliphatic carbocycles. The Kier molecular flexibility index (Phi) is 5.21. The number of hydrogen-bond donors (Lipinski definition) is 2. The second-order valence-electron chi connectivity index (χ2n) is 6.06. The van der Waals surface area contributed by atoms with Gasteiger partial charge in [0.1, 0.15) is 0 Å². The van der Waals surface area contributed by atoms with Gasteiger partial charge in [-0.15, -0.1) is 0 Å². The van der Waals surface area contributed by atoms with Crippen molar-refractivity contribution in [2.24, 2.45) is 0 Å². The zero-order valence-corrected chi connectivity index (χ0v) is 12.3. The highest BCUT2D eigenvalue weighted by molar-refractivity contribution is 5.29. The van der Waals surface area contributed by atoms with Crippen LogP contribution in [0.3, 0.4) is 0 Å². The number of nitrogens with one attached hydrogen (secondary N) is 1. The van der Waals surface area contributed by atoms with E-state index in [0.29, 0.717) is 0 Å². The van der Waals surface area contributed by atoms with E-state index in [-0.39, 0.29) is 11.5 Å². The van der Waals surface area contributed by atoms with Crippen LogP contribution in [0.5, 0.6) is 0 Å². The van der Waals surface area contributed by atoms with E-state index in [0.717, 1.165) is 5.56 Å². The van der Waals surface area contributed by atoms with Crippen molar-refractivity contribution in [3.63, 3.8) is 0 Å². The number of aliphatic hydroxyl groups is 1. The summed E-state index contributed by atoms with van der Waals surface area (Å²) in [5.74, 6) is 0. The van der Waals surface area contributed by atoms with Crippen molar-refractivity contribution in [1.82, 2.24) is 5.32 Å². The van der Waals surface area contributed by atoms with Crippen LogP contribution in [-0.2, 0) is 5.41 Å². The molecule has 0 saturated heterocycles. The Balaban J connectivity index is 2.63. The highest BCUT2D eigenvalue weighted by Gasteiger charge is 2.37. The summed E-state index contributed by atoms with van der Waals surface area (Å²) in [5, 5.41) is 11.6. The van der Waals surface area contributed by atoms with Crippen molar-refractivity contribution < 1.29 is 18.3 Å². The molecule has 1 aromatic carbocycles. The van der Waals surface area contributed by atoms with Crippen molar-refractivity contribution in [3.8, 4) is 0 Å². The standard InChI is InChI=1S/C15H22F3NO/c1-10(19-9-13(20)15(16,17)18)11-5-7-12(8-6-11)14(2,3)4/h5-8,10,13,19-20H,9H2,1-4H3. The molecule has 5 heteroatoms. The van der Waals surface area contributed by atoms with E-state index in [1.54, 1.807) is 6.92 Å². The van der Waals surface area contributed by atoms with Crippen molar-refractivity contribution >= 4 is 0 Å². The second kappa shape index (κ2) is 6.14. The predicted octanol–water partition coefficient (Wildman–Crippen LogP) is 3.56. The Morgan fingerprint density at radius 2 is 1.60 bits per heavy atom. The van der Waals surface area contributed by atoms with Crippen LogP contribution in [0, 0.1) is 0 Å². The van der Waals surface area contributed by atoms with Gasteiger partial charge >= 0.3 is 6.18 Å². The van der Waals surface area contributed by atoms with Gasteiger partial charge in [0, 0.05) is 12.6 Å². The molecule has 1 rings (SSSR count). The van der Waals surface area contributed by atoms with Crippen LogP contribution in [0.25, 0.3) is 0 Å². The molecule has 20 heavy (non-hydrogen) atoms. The van der Waals surface area contributed by atoms with E-state index in [2.05, 4.69) is 26.1 Å². The summed E-state index contributed by atoms with van der Waals surface area (Å²) in [6.45, 7) is 7.57. The van der Waals surface area contributed by atoms with Crippen LogP contribution in [0.1, 0.15) is 44.9 Å². The zero-order chi connectivity index (χ0) is 15.6. The normalized spacial score (nSPS) is 16.0. The summed E-state index contributed by atoms with van der Waals surface area (Å²) in [5.41, 5.74) is 2.11. The van der Waals surface area contributed by atoms with Crippen LogP contribution in [0.2, 0.25) is 0 Å². The maximum atomic E-state index is 12.2. The van der Waals surface area contributed by atoms with Crippen LogP contribution >= 0.6 is 0 Å². The molecule has 2 unspecified atom stereocenters. The molecule has 0 spiro atoms. The van der Waals surface area contributed by atoms with Gasteiger partial charge in [-0.2, -0.15) is 13.2 Å². The van der Waals surface area contributed by atoms with Crippen molar-refractivity contribution in [3.05, 3.63) is 35.4 Å². The number of rotatable bonds is 4. The minimum Gasteiger partial charge on any atom is -0.382 e. The average Bonchev–Trinajstić information content (AvgIpc) is 2.33. The first-order valence-corrected chi connectivity index (χ1v) is 6.60. The molecule has 0 saturated carbocycles. The monoisotopic (exact) mass is 289 g/mol. The fourth-order valence-corrected chi connectivity index (χ4v) is 1.79. The van der Waals surface area contributed by atoms with E-state index in [1.807, 2.05) is 24.3 Å². The molecular formula is C15H22F3NO. The van der Waals surface area contributed by atoms with Crippen LogP contribution in [0.4, 0.5) is 13.2 Å². The molecule has 2 nitrogen and oxygen atoms in total. The van der Waals surface area contributed by atoms with Crippen LogP contribution < -0.4 is 5.32 Å². The topological polar surface area (TPSA) is 32.3 Å². The third-order valence-corrected chi connectivity index (χ3v) is 3.27. The van der Waals surface area contributed by atoms with Crippen molar-refractivity contribution in [2.75, 3.05) is 6.54 Å². The number of hydrogen-bond acceptors (Lipinski definition) is 2. The average molecular weight is 289 g/mol. The van der Waals surface area contributed by atoms with Gasteiger partial charge in [-0.1, -0.05) is 45.0 Å². The van der Waals surface area contributed by atoms with Crippen molar-refractivity contribution in [2.45, 2.75) is 51.4 Å². The number of halogens is 3. The highest BCUT2D eigenvalue weighted by atomic mass is 19.4. The quantitative estimate of drug-likeness (QED) is 0.888. The molecule has 2 N–H and O–H groups in total. The van der Waals surface area contributed by atoms with Crippen LogP contribution in [0.15, 0.2) is 24.3 Å². The summed E-state index contributed by atoms with van der Waals surface area (Å²) >= 11 is 0. The van der Waals surface area contributed by atoms with E-state index < -0.39 is 18.8 Å². The molecular weight excluding hydrogens is 267 g/mol. The Morgan fingerprint density at radius 3 is 2.00 bits per heavy atom. The number of alkyl halides is 3. The maximum Gasteiger partial charge on any atom is 0.415 e. The Labute approximate surface area is 118 Å². The molecule has 0 fully saturated rings. The Morgan fingerprint density at radius 1 is 1.10 bits per heavy atom. The van der Waals surface area contributed by atoms with Crippen molar-refractivity contribution in [1.29, 1.82) is 0 Å². The molecule has 0 amide bonds. The molecule has 0 bridgehead atoms. The van der Waals surface area contributed by atoms with Gasteiger partial charge in [0.15, 0.2) is 6.10 Å². The smallest absolute Gasteiger partial charge is 0.382 e. The summed E-state index contributed by atoms with van der Waals surface area (Å²) in [4.78, 5) is 0. The first-order valence-electron chi connectivity index (χ1n) is 6.60. The lowest BCUT2D eigenvalue weighted by Crippen LogP contribution is -2.39. The molecule has 114 valence electrons. The first kappa shape index (κ1) is 17.0. The molecule has 0 aliphatic heterocycles. The number of aliphatic hydroxyl groups excluding tert-OH is 1. The van der Waals surface area contributed by atoms with Gasteiger partial charge in [-0.05, 0) is 23.5 Å². The maximum absolute atomic E-state index is 12.2. The van der Waals surface area contributed by atoms with Crippen LogP contribution in [-0.4, -0.2) is 23.9 Å². The van der Waals surface area contributed by atoms with E-state index >= 15 is 0 Å². The molecule has 0 aromatic heterocycles. The lowest BCUT2D eigenvalue weighted by molar-refractivity contribution is -0.202. The summed E-state index contributed by atoms with van der Waals surface area (Å²) in [7, 11) is 0. The lowest BCUT2D eigenvalue weighted by Gasteiger charge is -2.22. The number of benzene rings is 1. The van der Waals surface area contributed by atoms with Gasteiger partial charge in [-0.25, -0.2) is 0 Å². The molecule has 1 aromatic rings. The summed E-state index contributed by atoms with van der Waals surface area (Å²) in [6.07, 6.45) is -6.91. The lowest BCUT2D eigenvalue weighted by atomic mass is 9.86. The van der Waals surface area contributed by atoms with Gasteiger partial charge in [0.05, 0.1) is 0 Å². The minimum absolute atomic E-state index is 0.0433. The summed E-state index contributed by atoms with van der Waals surface area (Å²) in [6, 6.07) is 7.51. The fraction of sp³-hybridized carbons (Fsp3) is 0.600. The fourth-order valence-electron chi connectivity index (χ4n) is 1.79. The summed E-state index contributed by atoms with van der Waals surface area (Å²) < 4.78 is 36.6. The van der Waals surface area contributed by atoms with E-state index in [9.17, 15) is 13.2 Å². The molecule has 2 atom stereocenters. The third kappa shape index (κ3) is 4.80. The first-order chi connectivity index (χ1) is 9.01. The Bertz CT molecular complexity index is 420. The van der Waals surface area contributed by atoms with Gasteiger partial charge in [0.25, 0.3) is 0 Å². The molecule has 0 radical (unpaired) electrons. The van der Waals surface area contributed by atoms with Gasteiger partial charge in [-0.3, -0.25) is 0 Å².